The Morgan fingerprint density at radius 3 is 2.19 bits per heavy atom. The van der Waals surface area contributed by atoms with Crippen molar-refractivity contribution < 1.29 is 17.6 Å². The maximum Gasteiger partial charge on any atom is 0.416 e. The van der Waals surface area contributed by atoms with Crippen LogP contribution in [0.3, 0.4) is 0 Å². The standard InChI is InChI=1S/C9H7B2F4N/c1-16-8(10,11)6-4-5(9(13,14)15)2-3-7(6)12/h2-4,16H,1H3. The van der Waals surface area contributed by atoms with Crippen LogP contribution >= 0.6 is 0 Å². The molecular weight excluding hydrogens is 220 g/mol. The molecular formula is C9H7B2F4N. The minimum atomic E-state index is -4.56. The molecule has 0 heterocycles. The first-order valence-electron chi connectivity index (χ1n) is 4.32. The van der Waals surface area contributed by atoms with Gasteiger partial charge in [-0.3, -0.25) is 0 Å². The van der Waals surface area contributed by atoms with Gasteiger partial charge in [-0.25, -0.2) is 4.39 Å². The van der Waals surface area contributed by atoms with E-state index >= 15 is 0 Å². The molecule has 4 radical (unpaired) electrons. The fourth-order valence-electron chi connectivity index (χ4n) is 1.15. The zero-order chi connectivity index (χ0) is 12.6. The summed E-state index contributed by atoms with van der Waals surface area (Å²) in [5.74, 6) is -0.896. The van der Waals surface area contributed by atoms with Crippen molar-refractivity contribution in [2.45, 2.75) is 11.5 Å². The maximum atomic E-state index is 13.3. The van der Waals surface area contributed by atoms with Gasteiger partial charge < -0.3 is 5.32 Å². The molecule has 1 aromatic rings. The predicted molar refractivity (Wildman–Crippen MR) is 53.6 cm³/mol. The lowest BCUT2D eigenvalue weighted by molar-refractivity contribution is -0.137. The average Bonchev–Trinajstić information content (AvgIpc) is 2.16. The van der Waals surface area contributed by atoms with Crippen molar-refractivity contribution in [2.24, 2.45) is 0 Å². The predicted octanol–water partition coefficient (Wildman–Crippen LogP) is 1.51. The van der Waals surface area contributed by atoms with Crippen molar-refractivity contribution >= 4 is 15.7 Å². The van der Waals surface area contributed by atoms with Gasteiger partial charge in [-0.2, -0.15) is 13.2 Å². The highest BCUT2D eigenvalue weighted by Crippen LogP contribution is 2.31. The minimum Gasteiger partial charge on any atom is -0.327 e. The van der Waals surface area contributed by atoms with E-state index in [-0.39, 0.29) is 0 Å². The van der Waals surface area contributed by atoms with Crippen LogP contribution < -0.4 is 5.32 Å². The second-order valence-corrected chi connectivity index (χ2v) is 3.31. The lowest BCUT2D eigenvalue weighted by atomic mass is 9.58. The van der Waals surface area contributed by atoms with Gasteiger partial charge in [-0.05, 0) is 36.1 Å². The van der Waals surface area contributed by atoms with E-state index in [1.54, 1.807) is 0 Å². The van der Waals surface area contributed by atoms with Crippen molar-refractivity contribution in [1.29, 1.82) is 0 Å². The van der Waals surface area contributed by atoms with Gasteiger partial charge in [0.05, 0.1) is 21.3 Å². The first-order chi connectivity index (χ1) is 7.18. The Hall–Kier alpha value is -0.970. The molecule has 0 spiro atoms. The molecule has 0 aliphatic heterocycles. The van der Waals surface area contributed by atoms with E-state index in [0.29, 0.717) is 18.2 Å². The fourth-order valence-corrected chi connectivity index (χ4v) is 1.15. The normalized spacial score (nSPS) is 12.8. The third kappa shape index (κ3) is 2.58. The number of hydrogen-bond acceptors (Lipinski definition) is 1. The highest BCUT2D eigenvalue weighted by atomic mass is 19.4. The molecule has 0 unspecified atom stereocenters. The lowest BCUT2D eigenvalue weighted by Gasteiger charge is -2.27. The monoisotopic (exact) mass is 227 g/mol. The summed E-state index contributed by atoms with van der Waals surface area (Å²) in [6, 6.07) is 1.90. The number of nitrogens with one attached hydrogen (secondary N) is 1. The summed E-state index contributed by atoms with van der Waals surface area (Å²) < 4.78 is 50.4. The highest BCUT2D eigenvalue weighted by Gasteiger charge is 2.32. The van der Waals surface area contributed by atoms with E-state index in [9.17, 15) is 17.6 Å². The van der Waals surface area contributed by atoms with Crippen molar-refractivity contribution in [3.8, 4) is 0 Å². The summed E-state index contributed by atoms with van der Waals surface area (Å²) in [6.45, 7) is 0. The Labute approximate surface area is 93.0 Å². The Morgan fingerprint density at radius 1 is 1.19 bits per heavy atom. The summed E-state index contributed by atoms with van der Waals surface area (Å²) >= 11 is 0. The third-order valence-electron chi connectivity index (χ3n) is 2.15. The molecule has 0 saturated carbocycles. The van der Waals surface area contributed by atoms with Crippen LogP contribution in [0.2, 0.25) is 0 Å². The third-order valence-corrected chi connectivity index (χ3v) is 2.15. The highest BCUT2D eigenvalue weighted by molar-refractivity contribution is 6.39. The summed E-state index contributed by atoms with van der Waals surface area (Å²) in [5, 5.41) is 0.483. The van der Waals surface area contributed by atoms with Crippen LogP contribution in [0.25, 0.3) is 0 Å². The molecule has 16 heavy (non-hydrogen) atoms. The number of benzene rings is 1. The largest absolute Gasteiger partial charge is 0.416 e. The first-order valence-corrected chi connectivity index (χ1v) is 4.32. The van der Waals surface area contributed by atoms with Gasteiger partial charge >= 0.3 is 6.18 Å². The molecule has 7 heteroatoms. The topological polar surface area (TPSA) is 12.0 Å². The van der Waals surface area contributed by atoms with Crippen molar-refractivity contribution in [1.82, 2.24) is 5.32 Å². The molecule has 1 nitrogen and oxygen atoms in total. The Kier molecular flexibility index (Phi) is 3.38. The molecule has 1 aromatic carbocycles. The number of alkyl halides is 3. The zero-order valence-corrected chi connectivity index (χ0v) is 8.40. The van der Waals surface area contributed by atoms with Crippen LogP contribution in [0.4, 0.5) is 17.6 Å². The van der Waals surface area contributed by atoms with Gasteiger partial charge in [0.1, 0.15) is 5.82 Å². The second-order valence-electron chi connectivity index (χ2n) is 3.31. The van der Waals surface area contributed by atoms with Crippen molar-refractivity contribution in [2.75, 3.05) is 7.05 Å². The SMILES string of the molecule is [B]C([B])(NC)c1cc(C(F)(F)F)ccc1F. The van der Waals surface area contributed by atoms with E-state index < -0.39 is 28.5 Å². The molecule has 82 valence electrons. The quantitative estimate of drug-likeness (QED) is 0.596. The molecule has 0 bridgehead atoms. The summed E-state index contributed by atoms with van der Waals surface area (Å²) in [7, 11) is 12.1. The summed E-state index contributed by atoms with van der Waals surface area (Å²) in [4.78, 5) is 0. The van der Waals surface area contributed by atoms with Gasteiger partial charge in [0.15, 0.2) is 0 Å². The number of hydrogen-bond donors (Lipinski definition) is 1. The Morgan fingerprint density at radius 2 is 1.75 bits per heavy atom. The molecule has 0 aliphatic rings. The van der Waals surface area contributed by atoms with Crippen molar-refractivity contribution in [3.63, 3.8) is 0 Å². The Bertz CT molecular complexity index is 390. The molecule has 0 amide bonds. The minimum absolute atomic E-state index is 0.440. The van der Waals surface area contributed by atoms with E-state index in [2.05, 4.69) is 5.32 Å². The Balaban J connectivity index is 3.30. The van der Waals surface area contributed by atoms with Crippen LogP contribution in [0.15, 0.2) is 18.2 Å². The fraction of sp³-hybridized carbons (Fsp3) is 0.333. The molecule has 0 saturated heterocycles. The van der Waals surface area contributed by atoms with Gasteiger partial charge in [0.25, 0.3) is 0 Å². The number of rotatable bonds is 2. The maximum absolute atomic E-state index is 13.3. The second kappa shape index (κ2) is 4.13. The van der Waals surface area contributed by atoms with Crippen LogP contribution in [0.1, 0.15) is 11.1 Å². The van der Waals surface area contributed by atoms with Gasteiger partial charge in [0.2, 0.25) is 0 Å². The van der Waals surface area contributed by atoms with Gasteiger partial charge in [-0.1, -0.05) is 0 Å². The molecule has 1 N–H and O–H groups in total. The average molecular weight is 227 g/mol. The molecule has 0 aromatic heterocycles. The molecule has 0 fully saturated rings. The van der Waals surface area contributed by atoms with Crippen LogP contribution in [0.5, 0.6) is 0 Å². The summed E-state index contributed by atoms with van der Waals surface area (Å²) in [6.07, 6.45) is -4.56. The van der Waals surface area contributed by atoms with Crippen LogP contribution in [0, 0.1) is 5.82 Å². The van der Waals surface area contributed by atoms with Gasteiger partial charge in [0, 0.05) is 0 Å². The van der Waals surface area contributed by atoms with E-state index in [1.807, 2.05) is 0 Å². The number of halogens is 4. The van der Waals surface area contributed by atoms with Crippen molar-refractivity contribution in [3.05, 3.63) is 35.1 Å². The molecule has 0 atom stereocenters. The van der Waals surface area contributed by atoms with Crippen LogP contribution in [-0.4, -0.2) is 22.7 Å². The first kappa shape index (κ1) is 13.1. The van der Waals surface area contributed by atoms with E-state index in [4.69, 9.17) is 15.7 Å². The van der Waals surface area contributed by atoms with Gasteiger partial charge in [-0.15, -0.1) is 0 Å². The molecule has 1 rings (SSSR count). The smallest absolute Gasteiger partial charge is 0.327 e. The van der Waals surface area contributed by atoms with Crippen LogP contribution in [-0.2, 0) is 11.5 Å². The zero-order valence-electron chi connectivity index (χ0n) is 8.40. The molecule has 0 aliphatic carbocycles. The lowest BCUT2D eigenvalue weighted by Crippen LogP contribution is -2.42. The van der Waals surface area contributed by atoms with E-state index in [0.717, 1.165) is 0 Å². The summed E-state index contributed by atoms with van der Waals surface area (Å²) in [5.41, 5.74) is -1.44. The van der Waals surface area contributed by atoms with E-state index in [1.165, 1.54) is 7.05 Å².